The quantitative estimate of drug-likeness (QED) is 0.628. The van der Waals surface area contributed by atoms with Gasteiger partial charge in [-0.1, -0.05) is 17.8 Å². The Labute approximate surface area is 112 Å². The van der Waals surface area contributed by atoms with E-state index >= 15 is 0 Å². The molecule has 3 atom stereocenters. The van der Waals surface area contributed by atoms with E-state index in [9.17, 15) is 0 Å². The van der Waals surface area contributed by atoms with Crippen LogP contribution >= 0.6 is 11.3 Å². The van der Waals surface area contributed by atoms with Crippen molar-refractivity contribution in [2.45, 2.75) is 32.2 Å². The average molecular weight is 267 g/mol. The summed E-state index contributed by atoms with van der Waals surface area (Å²) in [6.07, 6.45) is 5.87. The molecule has 0 aromatic carbocycles. The summed E-state index contributed by atoms with van der Waals surface area (Å²) in [7, 11) is 2.18. The maximum Gasteiger partial charge on any atom is 0.219 e. The second-order valence-electron chi connectivity index (χ2n) is 5.78. The maximum absolute atomic E-state index is 5.31. The van der Waals surface area contributed by atoms with Crippen molar-refractivity contribution in [1.82, 2.24) is 15.1 Å². The standard InChI is InChI=1S/C12H21N5S/c1-17(7-11-15-16-12(14-13)18-11)6-10-5-8-2-3-9(10)4-8/h8-10H,2-7,13H2,1H3,(H,14,16). The molecule has 3 N–H and O–H groups in total. The topological polar surface area (TPSA) is 67.1 Å². The van der Waals surface area contributed by atoms with E-state index in [0.717, 1.165) is 29.3 Å². The number of nitrogens with two attached hydrogens (primary N) is 1. The van der Waals surface area contributed by atoms with Crippen LogP contribution in [0.1, 0.15) is 30.7 Å². The van der Waals surface area contributed by atoms with Crippen LogP contribution in [-0.4, -0.2) is 28.7 Å². The Kier molecular flexibility index (Phi) is 3.50. The largest absolute Gasteiger partial charge is 0.299 e. The predicted molar refractivity (Wildman–Crippen MR) is 73.0 cm³/mol. The van der Waals surface area contributed by atoms with Crippen LogP contribution < -0.4 is 11.3 Å². The first-order valence-corrected chi connectivity index (χ1v) is 7.53. The smallest absolute Gasteiger partial charge is 0.219 e. The van der Waals surface area contributed by atoms with Gasteiger partial charge in [-0.05, 0) is 44.1 Å². The monoisotopic (exact) mass is 267 g/mol. The number of aromatic nitrogens is 2. The Balaban J connectivity index is 1.51. The zero-order valence-electron chi connectivity index (χ0n) is 10.8. The maximum atomic E-state index is 5.31. The van der Waals surface area contributed by atoms with Gasteiger partial charge in [0.2, 0.25) is 5.13 Å². The number of rotatable bonds is 5. The second kappa shape index (κ2) is 5.11. The predicted octanol–water partition coefficient (Wildman–Crippen LogP) is 1.69. The van der Waals surface area contributed by atoms with Gasteiger partial charge in [0, 0.05) is 6.54 Å². The molecule has 1 aromatic rings. The summed E-state index contributed by atoms with van der Waals surface area (Å²) in [4.78, 5) is 2.38. The van der Waals surface area contributed by atoms with E-state index in [2.05, 4.69) is 27.6 Å². The molecule has 100 valence electrons. The zero-order valence-corrected chi connectivity index (χ0v) is 11.6. The van der Waals surface area contributed by atoms with Crippen LogP contribution in [0.3, 0.4) is 0 Å². The fourth-order valence-electron chi connectivity index (χ4n) is 3.67. The van der Waals surface area contributed by atoms with Crippen LogP contribution in [0.5, 0.6) is 0 Å². The summed E-state index contributed by atoms with van der Waals surface area (Å²) >= 11 is 1.53. The number of hydrazine groups is 1. The van der Waals surface area contributed by atoms with Crippen LogP contribution in [0.4, 0.5) is 5.13 Å². The van der Waals surface area contributed by atoms with Gasteiger partial charge in [0.15, 0.2) is 0 Å². The summed E-state index contributed by atoms with van der Waals surface area (Å²) in [5.74, 6) is 8.25. The number of nitrogens with one attached hydrogen (secondary N) is 1. The number of anilines is 1. The fourth-order valence-corrected chi connectivity index (χ4v) is 4.40. The van der Waals surface area contributed by atoms with E-state index < -0.39 is 0 Å². The van der Waals surface area contributed by atoms with Gasteiger partial charge < -0.3 is 0 Å². The van der Waals surface area contributed by atoms with E-state index in [0.29, 0.717) is 5.13 Å². The Morgan fingerprint density at radius 3 is 2.89 bits per heavy atom. The summed E-state index contributed by atoms with van der Waals surface area (Å²) in [6.45, 7) is 2.08. The van der Waals surface area contributed by atoms with Gasteiger partial charge in [-0.2, -0.15) is 0 Å². The SMILES string of the molecule is CN(Cc1nnc(NN)s1)CC1CC2CCC1C2. The first kappa shape index (κ1) is 12.3. The molecule has 1 aromatic heterocycles. The fraction of sp³-hybridized carbons (Fsp3) is 0.833. The number of hydrogen-bond acceptors (Lipinski definition) is 6. The van der Waals surface area contributed by atoms with Crippen molar-refractivity contribution in [3.05, 3.63) is 5.01 Å². The molecule has 0 amide bonds. The number of nitrogen functional groups attached to an aromatic ring is 1. The second-order valence-corrected chi connectivity index (χ2v) is 6.84. The van der Waals surface area contributed by atoms with Crippen molar-refractivity contribution in [2.24, 2.45) is 23.6 Å². The number of nitrogens with zero attached hydrogens (tertiary/aromatic N) is 3. The minimum absolute atomic E-state index is 0.693. The highest BCUT2D eigenvalue weighted by Gasteiger charge is 2.39. The first-order chi connectivity index (χ1) is 8.74. The van der Waals surface area contributed by atoms with E-state index in [1.54, 1.807) is 0 Å². The van der Waals surface area contributed by atoms with Crippen LogP contribution in [0, 0.1) is 17.8 Å². The van der Waals surface area contributed by atoms with Gasteiger partial charge in [-0.3, -0.25) is 10.3 Å². The van der Waals surface area contributed by atoms with Gasteiger partial charge >= 0.3 is 0 Å². The lowest BCUT2D eigenvalue weighted by Gasteiger charge is -2.26. The van der Waals surface area contributed by atoms with E-state index in [1.807, 2.05) is 0 Å². The lowest BCUT2D eigenvalue weighted by Crippen LogP contribution is -2.28. The lowest BCUT2D eigenvalue weighted by molar-refractivity contribution is 0.214. The Morgan fingerprint density at radius 1 is 1.39 bits per heavy atom. The van der Waals surface area contributed by atoms with Crippen LogP contribution in [0.25, 0.3) is 0 Å². The Hall–Kier alpha value is -0.720. The third-order valence-electron chi connectivity index (χ3n) is 4.43. The van der Waals surface area contributed by atoms with Crippen LogP contribution in [0.15, 0.2) is 0 Å². The highest BCUT2D eigenvalue weighted by molar-refractivity contribution is 7.15. The Morgan fingerprint density at radius 2 is 2.28 bits per heavy atom. The van der Waals surface area contributed by atoms with E-state index in [-0.39, 0.29) is 0 Å². The number of fused-ring (bicyclic) bond motifs is 2. The van der Waals surface area contributed by atoms with Gasteiger partial charge in [-0.25, -0.2) is 5.84 Å². The molecule has 3 unspecified atom stereocenters. The minimum Gasteiger partial charge on any atom is -0.299 e. The molecule has 2 bridgehead atoms. The molecule has 0 spiro atoms. The molecular weight excluding hydrogens is 246 g/mol. The Bertz CT molecular complexity index is 407. The van der Waals surface area contributed by atoms with Gasteiger partial charge in [0.1, 0.15) is 5.01 Å². The van der Waals surface area contributed by atoms with Crippen molar-refractivity contribution in [3.63, 3.8) is 0 Å². The van der Waals surface area contributed by atoms with Crippen molar-refractivity contribution in [2.75, 3.05) is 19.0 Å². The summed E-state index contributed by atoms with van der Waals surface area (Å²) in [5, 5.41) is 9.83. The molecule has 3 rings (SSSR count). The van der Waals surface area contributed by atoms with Crippen LogP contribution in [-0.2, 0) is 6.54 Å². The molecule has 2 saturated carbocycles. The minimum atomic E-state index is 0.693. The van der Waals surface area contributed by atoms with E-state index in [4.69, 9.17) is 5.84 Å². The highest BCUT2D eigenvalue weighted by atomic mass is 32.1. The third-order valence-corrected chi connectivity index (χ3v) is 5.27. The summed E-state index contributed by atoms with van der Waals surface area (Å²) < 4.78 is 0. The number of hydrogen-bond donors (Lipinski definition) is 2. The molecule has 2 fully saturated rings. The first-order valence-electron chi connectivity index (χ1n) is 6.72. The molecular formula is C12H21N5S. The molecule has 0 radical (unpaired) electrons. The van der Waals surface area contributed by atoms with Gasteiger partial charge in [0.05, 0.1) is 6.54 Å². The van der Waals surface area contributed by atoms with Gasteiger partial charge in [-0.15, -0.1) is 10.2 Å². The molecule has 5 nitrogen and oxygen atoms in total. The molecule has 0 saturated heterocycles. The molecule has 6 heteroatoms. The summed E-state index contributed by atoms with van der Waals surface area (Å²) in [6, 6.07) is 0. The van der Waals surface area contributed by atoms with Crippen molar-refractivity contribution in [1.29, 1.82) is 0 Å². The van der Waals surface area contributed by atoms with Crippen molar-refractivity contribution >= 4 is 16.5 Å². The molecule has 2 aliphatic carbocycles. The lowest BCUT2D eigenvalue weighted by atomic mass is 9.88. The van der Waals surface area contributed by atoms with Gasteiger partial charge in [0.25, 0.3) is 0 Å². The molecule has 2 aliphatic rings. The average Bonchev–Trinajstić information content (AvgIpc) is 3.04. The summed E-state index contributed by atoms with van der Waals surface area (Å²) in [5.41, 5.74) is 2.54. The zero-order chi connectivity index (χ0) is 12.5. The highest BCUT2D eigenvalue weighted by Crippen LogP contribution is 2.48. The van der Waals surface area contributed by atoms with E-state index in [1.165, 1.54) is 43.6 Å². The third kappa shape index (κ3) is 2.50. The molecule has 1 heterocycles. The van der Waals surface area contributed by atoms with Crippen molar-refractivity contribution < 1.29 is 0 Å². The molecule has 18 heavy (non-hydrogen) atoms. The molecule has 0 aliphatic heterocycles. The van der Waals surface area contributed by atoms with Crippen molar-refractivity contribution in [3.8, 4) is 0 Å². The normalized spacial score (nSPS) is 30.3. The van der Waals surface area contributed by atoms with Crippen LogP contribution in [0.2, 0.25) is 0 Å².